The first-order valence-corrected chi connectivity index (χ1v) is 8.78. The second-order valence-corrected chi connectivity index (χ2v) is 7.11. The Hall–Kier alpha value is -1.14. The highest BCUT2D eigenvalue weighted by atomic mass is 32.1. The zero-order valence-corrected chi connectivity index (χ0v) is 13.3. The molecule has 1 fully saturated rings. The number of fused-ring (bicyclic) bond motifs is 1. The molecule has 0 saturated heterocycles. The largest absolute Gasteiger partial charge is 0.360 e. The average Bonchev–Trinajstić information content (AvgIpc) is 3.12. The first kappa shape index (κ1) is 14.8. The Bertz CT molecular complexity index is 496. The minimum Gasteiger partial charge on any atom is -0.360 e. The summed E-state index contributed by atoms with van der Waals surface area (Å²) in [5, 5.41) is 4.17. The summed E-state index contributed by atoms with van der Waals surface area (Å²) < 4.78 is 0. The highest BCUT2D eigenvalue weighted by Gasteiger charge is 2.26. The molecule has 0 aromatic carbocycles. The number of nitrogens with two attached hydrogens (primary N) is 1. The van der Waals surface area contributed by atoms with Gasteiger partial charge in [-0.25, -0.2) is 4.98 Å². The van der Waals surface area contributed by atoms with Gasteiger partial charge < -0.3 is 16.0 Å². The maximum Gasteiger partial charge on any atom is 0.223 e. The molecule has 3 rings (SSSR count). The van der Waals surface area contributed by atoms with E-state index in [-0.39, 0.29) is 0 Å². The Morgan fingerprint density at radius 1 is 1.43 bits per heavy atom. The third kappa shape index (κ3) is 3.55. The molecule has 0 bridgehead atoms. The highest BCUT2D eigenvalue weighted by molar-refractivity contribution is 7.15. The van der Waals surface area contributed by atoms with Crippen LogP contribution >= 0.6 is 11.3 Å². The fourth-order valence-corrected chi connectivity index (χ4v) is 4.30. The number of rotatable bonds is 5. The molecule has 1 aromatic rings. The molecule has 1 aliphatic carbocycles. The quantitative estimate of drug-likeness (QED) is 0.872. The maximum atomic E-state index is 12.4. The second-order valence-electron chi connectivity index (χ2n) is 6.02. The van der Waals surface area contributed by atoms with Gasteiger partial charge in [-0.3, -0.25) is 4.79 Å². The summed E-state index contributed by atoms with van der Waals surface area (Å²) >= 11 is 1.67. The van der Waals surface area contributed by atoms with Gasteiger partial charge in [-0.05, 0) is 18.8 Å². The molecule has 1 aromatic heterocycles. The van der Waals surface area contributed by atoms with Crippen molar-refractivity contribution in [2.75, 3.05) is 25.0 Å². The summed E-state index contributed by atoms with van der Waals surface area (Å²) in [5.41, 5.74) is 6.66. The van der Waals surface area contributed by atoms with E-state index in [9.17, 15) is 4.79 Å². The zero-order valence-electron chi connectivity index (χ0n) is 12.4. The molecule has 6 heteroatoms. The molecule has 1 aliphatic heterocycles. The molecule has 21 heavy (non-hydrogen) atoms. The Kier molecular flexibility index (Phi) is 4.75. The summed E-state index contributed by atoms with van der Waals surface area (Å²) in [6.45, 7) is 2.91. The van der Waals surface area contributed by atoms with Crippen molar-refractivity contribution in [2.24, 2.45) is 11.7 Å². The lowest BCUT2D eigenvalue weighted by Crippen LogP contribution is -2.36. The Morgan fingerprint density at radius 3 is 3.00 bits per heavy atom. The van der Waals surface area contributed by atoms with Gasteiger partial charge in [-0.15, -0.1) is 0 Å². The van der Waals surface area contributed by atoms with Crippen LogP contribution in [0.4, 0.5) is 5.13 Å². The molecule has 0 atom stereocenters. The topological polar surface area (TPSA) is 71.2 Å². The highest BCUT2D eigenvalue weighted by Crippen LogP contribution is 2.31. The molecular weight excluding hydrogens is 284 g/mol. The van der Waals surface area contributed by atoms with Crippen molar-refractivity contribution in [3.63, 3.8) is 0 Å². The maximum absolute atomic E-state index is 12.4. The van der Waals surface area contributed by atoms with Crippen LogP contribution in [0.5, 0.6) is 0 Å². The van der Waals surface area contributed by atoms with Gasteiger partial charge in [0.25, 0.3) is 0 Å². The van der Waals surface area contributed by atoms with E-state index in [1.165, 1.54) is 30.6 Å². The molecule has 3 N–H and O–H groups in total. The molecule has 0 spiro atoms. The van der Waals surface area contributed by atoms with Gasteiger partial charge in [0, 0.05) is 37.4 Å². The number of nitrogens with one attached hydrogen (secondary N) is 1. The third-order valence-electron chi connectivity index (χ3n) is 4.44. The zero-order chi connectivity index (χ0) is 14.7. The van der Waals surface area contributed by atoms with E-state index in [0.29, 0.717) is 18.4 Å². The second kappa shape index (κ2) is 6.75. The first-order valence-electron chi connectivity index (χ1n) is 7.96. The lowest BCUT2D eigenvalue weighted by atomic mass is 10.0. The molecule has 1 amide bonds. The Labute approximate surface area is 129 Å². The minimum absolute atomic E-state index is 0.331. The molecule has 0 radical (unpaired) electrons. The summed E-state index contributed by atoms with van der Waals surface area (Å²) in [6, 6.07) is 0. The summed E-state index contributed by atoms with van der Waals surface area (Å²) in [5.74, 6) is 0.958. The van der Waals surface area contributed by atoms with Gasteiger partial charge in [0.15, 0.2) is 5.13 Å². The lowest BCUT2D eigenvalue weighted by molar-refractivity contribution is -0.133. The van der Waals surface area contributed by atoms with Crippen molar-refractivity contribution in [1.82, 2.24) is 9.88 Å². The van der Waals surface area contributed by atoms with Crippen molar-refractivity contribution in [3.8, 4) is 0 Å². The van der Waals surface area contributed by atoms with E-state index in [4.69, 9.17) is 5.73 Å². The van der Waals surface area contributed by atoms with E-state index in [1.807, 2.05) is 4.90 Å². The van der Waals surface area contributed by atoms with E-state index in [2.05, 4.69) is 10.3 Å². The lowest BCUT2D eigenvalue weighted by Gasteiger charge is -2.27. The standard InChI is InChI=1S/C15H24N4OS/c16-6-7-17-15-18-12-5-8-19(10-13(12)21-15)14(20)9-11-3-1-2-4-11/h11H,1-10,16H2,(H,17,18). The van der Waals surface area contributed by atoms with Gasteiger partial charge in [-0.2, -0.15) is 0 Å². The Morgan fingerprint density at radius 2 is 2.24 bits per heavy atom. The number of nitrogens with zero attached hydrogens (tertiary/aromatic N) is 2. The smallest absolute Gasteiger partial charge is 0.223 e. The van der Waals surface area contributed by atoms with Gasteiger partial charge in [0.1, 0.15) is 0 Å². The van der Waals surface area contributed by atoms with E-state index >= 15 is 0 Å². The van der Waals surface area contributed by atoms with Gasteiger partial charge in [-0.1, -0.05) is 24.2 Å². The fourth-order valence-electron chi connectivity index (χ4n) is 3.25. The SMILES string of the molecule is NCCNc1nc2c(s1)CN(C(=O)CC1CCCC1)CC2. The molecule has 5 nitrogen and oxygen atoms in total. The molecule has 1 saturated carbocycles. The van der Waals surface area contributed by atoms with Crippen LogP contribution in [-0.2, 0) is 17.8 Å². The molecule has 116 valence electrons. The number of hydrogen-bond acceptors (Lipinski definition) is 5. The molecule has 0 unspecified atom stereocenters. The van der Waals surface area contributed by atoms with Crippen LogP contribution in [0.1, 0.15) is 42.7 Å². The van der Waals surface area contributed by atoms with Crippen LogP contribution in [0.15, 0.2) is 0 Å². The number of amides is 1. The number of hydrogen-bond donors (Lipinski definition) is 2. The van der Waals surface area contributed by atoms with Crippen LogP contribution in [0.2, 0.25) is 0 Å². The van der Waals surface area contributed by atoms with Crippen LogP contribution < -0.4 is 11.1 Å². The van der Waals surface area contributed by atoms with Gasteiger partial charge >= 0.3 is 0 Å². The number of carbonyl (C=O) groups excluding carboxylic acids is 1. The van der Waals surface area contributed by atoms with Crippen LogP contribution in [0.3, 0.4) is 0 Å². The van der Waals surface area contributed by atoms with Gasteiger partial charge in [0.2, 0.25) is 5.91 Å². The average molecular weight is 308 g/mol. The van der Waals surface area contributed by atoms with E-state index < -0.39 is 0 Å². The summed E-state index contributed by atoms with van der Waals surface area (Å²) in [6.07, 6.45) is 6.69. The molecule has 2 aliphatic rings. The minimum atomic E-state index is 0.331. The number of anilines is 1. The summed E-state index contributed by atoms with van der Waals surface area (Å²) in [7, 11) is 0. The normalized spacial score (nSPS) is 18.8. The van der Waals surface area contributed by atoms with Crippen molar-refractivity contribution in [2.45, 2.75) is 45.1 Å². The van der Waals surface area contributed by atoms with Gasteiger partial charge in [0.05, 0.1) is 12.2 Å². The molecule has 2 heterocycles. The molecular formula is C15H24N4OS. The van der Waals surface area contributed by atoms with Crippen molar-refractivity contribution in [1.29, 1.82) is 0 Å². The third-order valence-corrected chi connectivity index (χ3v) is 5.48. The predicted molar refractivity (Wildman–Crippen MR) is 85.4 cm³/mol. The van der Waals surface area contributed by atoms with Crippen LogP contribution in [-0.4, -0.2) is 35.4 Å². The monoisotopic (exact) mass is 308 g/mol. The number of thiazole rings is 1. The van der Waals surface area contributed by atoms with E-state index in [0.717, 1.165) is 43.3 Å². The Balaban J connectivity index is 1.58. The number of aromatic nitrogens is 1. The van der Waals surface area contributed by atoms with Crippen molar-refractivity contribution < 1.29 is 4.79 Å². The van der Waals surface area contributed by atoms with E-state index in [1.54, 1.807) is 11.3 Å². The van der Waals surface area contributed by atoms with Crippen molar-refractivity contribution >= 4 is 22.4 Å². The summed E-state index contributed by atoms with van der Waals surface area (Å²) in [4.78, 5) is 20.3. The number of carbonyl (C=O) groups is 1. The predicted octanol–water partition coefficient (Wildman–Crippen LogP) is 1.98. The van der Waals surface area contributed by atoms with Crippen LogP contribution in [0, 0.1) is 5.92 Å². The van der Waals surface area contributed by atoms with Crippen LogP contribution in [0.25, 0.3) is 0 Å². The fraction of sp³-hybridized carbons (Fsp3) is 0.733. The first-order chi connectivity index (χ1) is 10.3. The van der Waals surface area contributed by atoms with Crippen molar-refractivity contribution in [3.05, 3.63) is 10.6 Å².